The summed E-state index contributed by atoms with van der Waals surface area (Å²) in [5.41, 5.74) is -0.770. The average molecular weight is 367 g/mol. The summed E-state index contributed by atoms with van der Waals surface area (Å²) in [6.07, 6.45) is -4.46. The summed E-state index contributed by atoms with van der Waals surface area (Å²) in [6.45, 7) is 4.28. The smallest absolute Gasteiger partial charge is 0.416 e. The molecule has 1 amide bonds. The van der Waals surface area contributed by atoms with E-state index in [2.05, 4.69) is 5.32 Å². The van der Waals surface area contributed by atoms with Crippen LogP contribution < -0.4 is 14.8 Å². The summed E-state index contributed by atoms with van der Waals surface area (Å²) in [7, 11) is 0. The van der Waals surface area contributed by atoms with Gasteiger partial charge in [0, 0.05) is 11.8 Å². The Kier molecular flexibility index (Phi) is 6.49. The maximum Gasteiger partial charge on any atom is 0.416 e. The van der Waals surface area contributed by atoms with Crippen LogP contribution in [0.4, 0.5) is 18.9 Å². The predicted molar refractivity (Wildman–Crippen MR) is 92.3 cm³/mol. The highest BCUT2D eigenvalue weighted by atomic mass is 19.4. The van der Waals surface area contributed by atoms with Crippen molar-refractivity contribution in [3.63, 3.8) is 0 Å². The van der Waals surface area contributed by atoms with E-state index < -0.39 is 17.6 Å². The molecular weight excluding hydrogens is 347 g/mol. The Bertz CT molecular complexity index is 745. The van der Waals surface area contributed by atoms with E-state index in [9.17, 15) is 18.0 Å². The van der Waals surface area contributed by atoms with Crippen molar-refractivity contribution in [2.24, 2.45) is 5.92 Å². The van der Waals surface area contributed by atoms with Crippen molar-refractivity contribution in [1.29, 1.82) is 0 Å². The summed E-state index contributed by atoms with van der Waals surface area (Å²) in [4.78, 5) is 11.9. The SMILES string of the molecule is CC(C)COc1cccc(OCC(=O)Nc2cccc(C(F)(F)F)c2)c1. The molecule has 0 spiro atoms. The molecule has 7 heteroatoms. The third kappa shape index (κ3) is 6.31. The van der Waals surface area contributed by atoms with E-state index in [4.69, 9.17) is 9.47 Å². The van der Waals surface area contributed by atoms with Crippen LogP contribution >= 0.6 is 0 Å². The molecule has 1 N–H and O–H groups in total. The highest BCUT2D eigenvalue weighted by Crippen LogP contribution is 2.30. The number of anilines is 1. The highest BCUT2D eigenvalue weighted by Gasteiger charge is 2.30. The summed E-state index contributed by atoms with van der Waals surface area (Å²) in [5.74, 6) is 0.871. The van der Waals surface area contributed by atoms with Gasteiger partial charge in [-0.1, -0.05) is 26.0 Å². The van der Waals surface area contributed by atoms with E-state index >= 15 is 0 Å². The number of hydrogen-bond acceptors (Lipinski definition) is 3. The zero-order chi connectivity index (χ0) is 19.2. The van der Waals surface area contributed by atoms with E-state index in [1.807, 2.05) is 13.8 Å². The van der Waals surface area contributed by atoms with Crippen molar-refractivity contribution >= 4 is 11.6 Å². The van der Waals surface area contributed by atoms with Crippen molar-refractivity contribution in [3.8, 4) is 11.5 Å². The summed E-state index contributed by atoms with van der Waals surface area (Å²) < 4.78 is 49.0. The number of rotatable bonds is 7. The number of benzene rings is 2. The van der Waals surface area contributed by atoms with Crippen molar-refractivity contribution in [2.75, 3.05) is 18.5 Å². The average Bonchev–Trinajstić information content (AvgIpc) is 2.58. The molecule has 0 radical (unpaired) electrons. The van der Waals surface area contributed by atoms with Crippen LogP contribution in [-0.2, 0) is 11.0 Å². The Hall–Kier alpha value is -2.70. The quantitative estimate of drug-likeness (QED) is 0.768. The lowest BCUT2D eigenvalue weighted by Crippen LogP contribution is -2.20. The first-order valence-electron chi connectivity index (χ1n) is 8.07. The molecule has 0 bridgehead atoms. The molecule has 26 heavy (non-hydrogen) atoms. The van der Waals surface area contributed by atoms with E-state index in [-0.39, 0.29) is 12.3 Å². The summed E-state index contributed by atoms with van der Waals surface area (Å²) >= 11 is 0. The number of amides is 1. The number of alkyl halides is 3. The van der Waals surface area contributed by atoms with Gasteiger partial charge in [-0.2, -0.15) is 13.2 Å². The molecule has 2 aromatic carbocycles. The van der Waals surface area contributed by atoms with E-state index in [0.29, 0.717) is 24.0 Å². The first-order chi connectivity index (χ1) is 12.2. The van der Waals surface area contributed by atoms with Crippen LogP contribution in [0.15, 0.2) is 48.5 Å². The Morgan fingerprint density at radius 1 is 1.04 bits per heavy atom. The number of hydrogen-bond donors (Lipinski definition) is 1. The van der Waals surface area contributed by atoms with Crippen molar-refractivity contribution < 1.29 is 27.4 Å². The molecule has 0 saturated carbocycles. The van der Waals surface area contributed by atoms with Crippen LogP contribution in [0.1, 0.15) is 19.4 Å². The Morgan fingerprint density at radius 3 is 2.35 bits per heavy atom. The molecule has 2 aromatic rings. The molecule has 0 unspecified atom stereocenters. The van der Waals surface area contributed by atoms with Gasteiger partial charge < -0.3 is 14.8 Å². The van der Waals surface area contributed by atoms with E-state index in [0.717, 1.165) is 12.1 Å². The number of halogens is 3. The van der Waals surface area contributed by atoms with Gasteiger partial charge in [-0.15, -0.1) is 0 Å². The molecule has 0 aliphatic heterocycles. The molecule has 0 aliphatic carbocycles. The third-order valence-electron chi connectivity index (χ3n) is 3.23. The monoisotopic (exact) mass is 367 g/mol. The minimum Gasteiger partial charge on any atom is -0.493 e. The van der Waals surface area contributed by atoms with Gasteiger partial charge in [0.15, 0.2) is 6.61 Å². The molecule has 4 nitrogen and oxygen atoms in total. The maximum absolute atomic E-state index is 12.7. The molecule has 0 fully saturated rings. The van der Waals surface area contributed by atoms with Crippen LogP contribution in [0.25, 0.3) is 0 Å². The fourth-order valence-corrected chi connectivity index (χ4v) is 2.04. The second-order valence-corrected chi connectivity index (χ2v) is 6.10. The van der Waals surface area contributed by atoms with E-state index in [1.165, 1.54) is 12.1 Å². The molecule has 140 valence electrons. The zero-order valence-electron chi connectivity index (χ0n) is 14.5. The number of ether oxygens (including phenoxy) is 2. The van der Waals surface area contributed by atoms with Crippen LogP contribution in [0.2, 0.25) is 0 Å². The number of carbonyl (C=O) groups is 1. The molecule has 0 saturated heterocycles. The minimum atomic E-state index is -4.46. The normalized spacial score (nSPS) is 11.3. The Morgan fingerprint density at radius 2 is 1.69 bits per heavy atom. The van der Waals surface area contributed by atoms with Crippen LogP contribution in [-0.4, -0.2) is 19.1 Å². The first kappa shape index (κ1) is 19.6. The molecule has 0 aromatic heterocycles. The lowest BCUT2D eigenvalue weighted by Gasteiger charge is -2.12. The van der Waals surface area contributed by atoms with Gasteiger partial charge in [-0.3, -0.25) is 4.79 Å². The lowest BCUT2D eigenvalue weighted by molar-refractivity contribution is -0.137. The zero-order valence-corrected chi connectivity index (χ0v) is 14.5. The number of nitrogens with one attached hydrogen (secondary N) is 1. The molecular formula is C19H20F3NO3. The molecule has 2 rings (SSSR count). The second-order valence-electron chi connectivity index (χ2n) is 6.10. The largest absolute Gasteiger partial charge is 0.493 e. The summed E-state index contributed by atoms with van der Waals surface area (Å²) in [5, 5.41) is 2.38. The minimum absolute atomic E-state index is 0.0578. The second kappa shape index (κ2) is 8.60. The van der Waals surface area contributed by atoms with Gasteiger partial charge in [0.1, 0.15) is 11.5 Å². The maximum atomic E-state index is 12.7. The number of carbonyl (C=O) groups excluding carboxylic acids is 1. The van der Waals surface area contributed by atoms with Crippen LogP contribution in [0.3, 0.4) is 0 Å². The first-order valence-corrected chi connectivity index (χ1v) is 8.07. The van der Waals surface area contributed by atoms with Gasteiger partial charge in [0.25, 0.3) is 5.91 Å². The molecule has 0 atom stereocenters. The van der Waals surface area contributed by atoms with Crippen LogP contribution in [0, 0.1) is 5.92 Å². The van der Waals surface area contributed by atoms with Crippen molar-refractivity contribution in [1.82, 2.24) is 0 Å². The van der Waals surface area contributed by atoms with Crippen LogP contribution in [0.5, 0.6) is 11.5 Å². The van der Waals surface area contributed by atoms with Gasteiger partial charge in [-0.05, 0) is 36.2 Å². The standard InChI is InChI=1S/C19H20F3NO3/c1-13(2)11-25-16-7-4-8-17(10-16)26-12-18(24)23-15-6-3-5-14(9-15)19(20,21)22/h3-10,13H,11-12H2,1-2H3,(H,23,24). The Labute approximate surface area is 149 Å². The highest BCUT2D eigenvalue weighted by molar-refractivity contribution is 5.91. The van der Waals surface area contributed by atoms with Crippen molar-refractivity contribution in [2.45, 2.75) is 20.0 Å². The van der Waals surface area contributed by atoms with Crippen molar-refractivity contribution in [3.05, 3.63) is 54.1 Å². The molecule has 0 heterocycles. The topological polar surface area (TPSA) is 47.6 Å². The predicted octanol–water partition coefficient (Wildman–Crippen LogP) is 4.76. The summed E-state index contributed by atoms with van der Waals surface area (Å²) in [6, 6.07) is 11.3. The van der Waals surface area contributed by atoms with Gasteiger partial charge in [0.2, 0.25) is 0 Å². The van der Waals surface area contributed by atoms with Gasteiger partial charge in [-0.25, -0.2) is 0 Å². The molecule has 0 aliphatic rings. The fourth-order valence-electron chi connectivity index (χ4n) is 2.04. The lowest BCUT2D eigenvalue weighted by atomic mass is 10.2. The fraction of sp³-hybridized carbons (Fsp3) is 0.316. The third-order valence-corrected chi connectivity index (χ3v) is 3.23. The van der Waals surface area contributed by atoms with E-state index in [1.54, 1.807) is 24.3 Å². The Balaban J connectivity index is 1.90. The van der Waals surface area contributed by atoms with Gasteiger partial charge in [0.05, 0.1) is 12.2 Å². The van der Waals surface area contributed by atoms with Gasteiger partial charge >= 0.3 is 6.18 Å².